The van der Waals surface area contributed by atoms with Gasteiger partial charge in [-0.05, 0) is 36.5 Å². The average molecular weight is 434 g/mol. The Morgan fingerprint density at radius 3 is 2.76 bits per heavy atom. The Morgan fingerprint density at radius 1 is 1.28 bits per heavy atom. The van der Waals surface area contributed by atoms with E-state index in [0.29, 0.717) is 24.0 Å². The minimum atomic E-state index is -1.07. The van der Waals surface area contributed by atoms with E-state index in [9.17, 15) is 9.32 Å². The van der Waals surface area contributed by atoms with Gasteiger partial charge >= 0.3 is 0 Å². The number of hydrogen-bond acceptors (Lipinski definition) is 6. The molecule has 1 fully saturated rings. The molecule has 5 rings (SSSR count). The monoisotopic (exact) mass is 433 g/mol. The SMILES string of the molecule is O=[S@@]1CCc2nc(N3CCC(c4ccc(Cl)cc4)CC3)c3c(c21)NC(CO)CO3. The summed E-state index contributed by atoms with van der Waals surface area (Å²) in [6.07, 6.45) is 2.79. The molecular weight excluding hydrogens is 410 g/mol. The molecule has 0 amide bonds. The van der Waals surface area contributed by atoms with Gasteiger partial charge in [-0.1, -0.05) is 23.7 Å². The van der Waals surface area contributed by atoms with Crippen LogP contribution in [0.4, 0.5) is 11.5 Å². The topological polar surface area (TPSA) is 74.7 Å². The zero-order chi connectivity index (χ0) is 20.0. The fourth-order valence-electron chi connectivity index (χ4n) is 4.46. The molecule has 4 heterocycles. The first-order valence-electron chi connectivity index (χ1n) is 10.1. The van der Waals surface area contributed by atoms with Crippen molar-refractivity contribution in [1.82, 2.24) is 4.98 Å². The summed E-state index contributed by atoms with van der Waals surface area (Å²) in [6.45, 7) is 2.14. The molecule has 0 saturated carbocycles. The Balaban J connectivity index is 1.42. The van der Waals surface area contributed by atoms with Gasteiger partial charge in [0, 0.05) is 30.3 Å². The molecule has 2 atom stereocenters. The molecule has 1 aromatic heterocycles. The lowest BCUT2D eigenvalue weighted by Gasteiger charge is -2.36. The summed E-state index contributed by atoms with van der Waals surface area (Å²) < 4.78 is 18.6. The first-order valence-corrected chi connectivity index (χ1v) is 11.8. The van der Waals surface area contributed by atoms with Gasteiger partial charge < -0.3 is 20.1 Å². The van der Waals surface area contributed by atoms with Gasteiger partial charge in [-0.25, -0.2) is 4.98 Å². The number of piperidine rings is 1. The summed E-state index contributed by atoms with van der Waals surface area (Å²) in [6, 6.07) is 7.97. The standard InChI is InChI=1S/C21H24ClN3O3S/c22-15-3-1-13(2-4-15)14-5-8-25(9-6-14)21-19-18(23-16(11-26)12-28-19)20-17(24-21)7-10-29(20)27/h1-4,14,16,23,26H,5-12H2/t16?,29-/m1/s1. The Hall–Kier alpha value is -1.83. The smallest absolute Gasteiger partial charge is 0.186 e. The Kier molecular flexibility index (Phi) is 5.14. The average Bonchev–Trinajstić information content (AvgIpc) is 3.14. The molecule has 3 aliphatic rings. The lowest BCUT2D eigenvalue weighted by Crippen LogP contribution is -2.38. The molecular formula is C21H24ClN3O3S. The Bertz CT molecular complexity index is 945. The van der Waals surface area contributed by atoms with E-state index in [1.165, 1.54) is 5.56 Å². The second kappa shape index (κ2) is 7.78. The normalized spacial score (nSPS) is 23.9. The number of nitrogens with zero attached hydrogens (tertiary/aromatic N) is 2. The number of benzene rings is 1. The van der Waals surface area contributed by atoms with Crippen molar-refractivity contribution >= 4 is 33.9 Å². The molecule has 1 unspecified atom stereocenters. The van der Waals surface area contributed by atoms with Crippen LogP contribution < -0.4 is 15.0 Å². The molecule has 0 radical (unpaired) electrons. The summed E-state index contributed by atoms with van der Waals surface area (Å²) in [4.78, 5) is 7.94. The maximum Gasteiger partial charge on any atom is 0.186 e. The van der Waals surface area contributed by atoms with Crippen molar-refractivity contribution in [2.75, 3.05) is 42.3 Å². The number of halogens is 1. The number of aliphatic hydroxyl groups excluding tert-OH is 1. The molecule has 6 nitrogen and oxygen atoms in total. The van der Waals surface area contributed by atoms with Crippen LogP contribution in [0, 0.1) is 0 Å². The number of aliphatic hydroxyl groups is 1. The molecule has 3 aliphatic heterocycles. The molecule has 29 heavy (non-hydrogen) atoms. The minimum Gasteiger partial charge on any atom is -0.485 e. The third-order valence-electron chi connectivity index (χ3n) is 6.05. The molecule has 2 aromatic rings. The number of hydrogen-bond donors (Lipinski definition) is 2. The molecule has 1 aromatic carbocycles. The van der Waals surface area contributed by atoms with Crippen LogP contribution >= 0.6 is 11.6 Å². The molecule has 0 bridgehead atoms. The number of aryl methyl sites for hydroxylation is 1. The molecule has 0 spiro atoms. The van der Waals surface area contributed by atoms with Crippen molar-refractivity contribution < 1.29 is 14.1 Å². The number of nitrogens with one attached hydrogen (secondary N) is 1. The van der Waals surface area contributed by atoms with Crippen LogP contribution in [0.25, 0.3) is 0 Å². The zero-order valence-corrected chi connectivity index (χ0v) is 17.6. The molecule has 154 valence electrons. The van der Waals surface area contributed by atoms with Crippen LogP contribution in [0.5, 0.6) is 5.75 Å². The van der Waals surface area contributed by atoms with Crippen molar-refractivity contribution in [3.63, 3.8) is 0 Å². The van der Waals surface area contributed by atoms with Gasteiger partial charge in [0.25, 0.3) is 0 Å². The number of rotatable bonds is 3. The fraction of sp³-hybridized carbons (Fsp3) is 0.476. The number of anilines is 2. The van der Waals surface area contributed by atoms with E-state index >= 15 is 0 Å². The highest BCUT2D eigenvalue weighted by Crippen LogP contribution is 2.45. The highest BCUT2D eigenvalue weighted by molar-refractivity contribution is 7.85. The molecule has 8 heteroatoms. The second-order valence-electron chi connectivity index (χ2n) is 7.86. The fourth-order valence-corrected chi connectivity index (χ4v) is 5.96. The van der Waals surface area contributed by atoms with E-state index in [1.54, 1.807) is 0 Å². The van der Waals surface area contributed by atoms with Crippen molar-refractivity contribution in [3.05, 3.63) is 40.5 Å². The quantitative estimate of drug-likeness (QED) is 0.775. The van der Waals surface area contributed by atoms with Gasteiger partial charge in [-0.15, -0.1) is 0 Å². The lowest BCUT2D eigenvalue weighted by molar-refractivity contribution is 0.206. The number of ether oxygens (including phenoxy) is 1. The van der Waals surface area contributed by atoms with Crippen molar-refractivity contribution in [1.29, 1.82) is 0 Å². The zero-order valence-electron chi connectivity index (χ0n) is 16.1. The van der Waals surface area contributed by atoms with Gasteiger partial charge in [0.15, 0.2) is 11.6 Å². The van der Waals surface area contributed by atoms with Gasteiger partial charge in [0.2, 0.25) is 0 Å². The second-order valence-corrected chi connectivity index (χ2v) is 9.81. The van der Waals surface area contributed by atoms with Crippen molar-refractivity contribution in [2.45, 2.75) is 36.1 Å². The van der Waals surface area contributed by atoms with Crippen molar-refractivity contribution in [3.8, 4) is 5.75 Å². The Morgan fingerprint density at radius 2 is 2.03 bits per heavy atom. The van der Waals surface area contributed by atoms with Crippen LogP contribution in [0.2, 0.25) is 5.02 Å². The van der Waals surface area contributed by atoms with E-state index in [0.717, 1.165) is 59.5 Å². The molecule has 1 saturated heterocycles. The number of pyridine rings is 1. The highest BCUT2D eigenvalue weighted by Gasteiger charge is 2.35. The van der Waals surface area contributed by atoms with Crippen LogP contribution in [-0.2, 0) is 17.2 Å². The van der Waals surface area contributed by atoms with E-state index in [1.807, 2.05) is 12.1 Å². The summed E-state index contributed by atoms with van der Waals surface area (Å²) in [7, 11) is -1.07. The predicted molar refractivity (Wildman–Crippen MR) is 115 cm³/mol. The van der Waals surface area contributed by atoms with Crippen LogP contribution in [0.15, 0.2) is 29.2 Å². The first kappa shape index (κ1) is 19.2. The minimum absolute atomic E-state index is 0.0228. The van der Waals surface area contributed by atoms with Gasteiger partial charge in [-0.2, -0.15) is 0 Å². The van der Waals surface area contributed by atoms with E-state index < -0.39 is 10.8 Å². The van der Waals surface area contributed by atoms with Gasteiger partial charge in [-0.3, -0.25) is 4.21 Å². The summed E-state index contributed by atoms with van der Waals surface area (Å²) >= 11 is 6.02. The van der Waals surface area contributed by atoms with Gasteiger partial charge in [0.1, 0.15) is 6.61 Å². The lowest BCUT2D eigenvalue weighted by atomic mass is 9.89. The number of fused-ring (bicyclic) bond motifs is 3. The van der Waals surface area contributed by atoms with E-state index in [2.05, 4.69) is 22.3 Å². The Labute approximate surface area is 177 Å². The van der Waals surface area contributed by atoms with Gasteiger partial charge in [0.05, 0.1) is 39.7 Å². The number of aromatic nitrogens is 1. The van der Waals surface area contributed by atoms with Crippen LogP contribution in [-0.4, -0.2) is 52.4 Å². The third-order valence-corrected chi connectivity index (χ3v) is 7.77. The van der Waals surface area contributed by atoms with Crippen molar-refractivity contribution in [2.24, 2.45) is 0 Å². The predicted octanol–water partition coefficient (Wildman–Crippen LogP) is 2.95. The van der Waals surface area contributed by atoms with Crippen LogP contribution in [0.1, 0.15) is 30.0 Å². The summed E-state index contributed by atoms with van der Waals surface area (Å²) in [5.41, 5.74) is 3.00. The van der Waals surface area contributed by atoms with E-state index in [4.69, 9.17) is 21.3 Å². The maximum absolute atomic E-state index is 12.5. The largest absolute Gasteiger partial charge is 0.485 e. The highest BCUT2D eigenvalue weighted by atomic mass is 35.5. The summed E-state index contributed by atoms with van der Waals surface area (Å²) in [5.74, 6) is 2.64. The maximum atomic E-state index is 12.5. The molecule has 2 N–H and O–H groups in total. The van der Waals surface area contributed by atoms with Crippen LogP contribution in [0.3, 0.4) is 0 Å². The first-order chi connectivity index (χ1) is 14.1. The van der Waals surface area contributed by atoms with E-state index in [-0.39, 0.29) is 12.6 Å². The summed E-state index contributed by atoms with van der Waals surface area (Å²) in [5, 5.41) is 13.7. The third kappa shape index (κ3) is 3.49. The molecule has 0 aliphatic carbocycles.